The zero-order valence-corrected chi connectivity index (χ0v) is 11.0. The largest absolute Gasteiger partial charge is 0.480 e. The summed E-state index contributed by atoms with van der Waals surface area (Å²) in [6.45, 7) is -0.00877. The summed E-state index contributed by atoms with van der Waals surface area (Å²) in [6.07, 6.45) is 0.182. The fourth-order valence-corrected chi connectivity index (χ4v) is 1.43. The quantitative estimate of drug-likeness (QED) is 0.841. The third kappa shape index (κ3) is 3.91. The molecular weight excluding hydrogens is 272 g/mol. The van der Waals surface area contributed by atoms with E-state index in [1.54, 1.807) is 6.92 Å². The molecule has 0 bridgehead atoms. The number of carbonyl (C=O) groups is 2. The minimum Gasteiger partial charge on any atom is -0.480 e. The molecule has 1 aromatic carbocycles. The van der Waals surface area contributed by atoms with Gasteiger partial charge in [0, 0.05) is 5.56 Å². The molecule has 1 unspecified atom stereocenters. The Hall–Kier alpha value is -2.18. The average Bonchev–Trinajstić information content (AvgIpc) is 2.37. The number of amides is 1. The van der Waals surface area contributed by atoms with Gasteiger partial charge < -0.3 is 15.2 Å². The first-order chi connectivity index (χ1) is 9.28. The number of carboxylic acids is 1. The second-order valence-corrected chi connectivity index (χ2v) is 4.35. The summed E-state index contributed by atoms with van der Waals surface area (Å²) in [5.74, 6) is -2.01. The fraction of sp³-hybridized carbons (Fsp3) is 0.385. The molecule has 0 radical (unpaired) electrons. The number of halogens is 2. The molecule has 7 heteroatoms. The number of ether oxygens (including phenoxy) is 1. The molecule has 0 saturated carbocycles. The maximum Gasteiger partial charge on any atom is 0.387 e. The topological polar surface area (TPSA) is 75.6 Å². The van der Waals surface area contributed by atoms with Crippen molar-refractivity contribution in [2.75, 3.05) is 0 Å². The first-order valence-corrected chi connectivity index (χ1v) is 5.89. The Morgan fingerprint density at radius 2 is 2.10 bits per heavy atom. The second-order valence-electron chi connectivity index (χ2n) is 4.35. The third-order valence-corrected chi connectivity index (χ3v) is 2.89. The van der Waals surface area contributed by atoms with Gasteiger partial charge in [-0.05, 0) is 31.5 Å². The number of carboxylic acid groups (broad SMARTS) is 1. The zero-order chi connectivity index (χ0) is 15.3. The standard InChI is InChI=1S/C13H15F2NO4/c1-3-13(2,11(18)19)16-10(17)8-5-4-6-9(7-8)20-12(14)15/h4-7,12H,3H2,1-2H3,(H,16,17)(H,18,19). The van der Waals surface area contributed by atoms with Gasteiger partial charge in [-0.1, -0.05) is 13.0 Å². The number of hydrogen-bond donors (Lipinski definition) is 2. The number of hydrogen-bond acceptors (Lipinski definition) is 3. The van der Waals surface area contributed by atoms with Crippen molar-refractivity contribution in [3.63, 3.8) is 0 Å². The Morgan fingerprint density at radius 1 is 1.45 bits per heavy atom. The Kier molecular flexibility index (Phi) is 5.01. The Bertz CT molecular complexity index is 507. The maximum absolute atomic E-state index is 12.1. The van der Waals surface area contributed by atoms with Gasteiger partial charge in [0.1, 0.15) is 11.3 Å². The van der Waals surface area contributed by atoms with E-state index in [2.05, 4.69) is 10.1 Å². The lowest BCUT2D eigenvalue weighted by Crippen LogP contribution is -2.51. The van der Waals surface area contributed by atoms with Gasteiger partial charge in [0.25, 0.3) is 5.91 Å². The summed E-state index contributed by atoms with van der Waals surface area (Å²) >= 11 is 0. The van der Waals surface area contributed by atoms with Crippen LogP contribution in [-0.4, -0.2) is 29.1 Å². The molecule has 1 rings (SSSR count). The molecule has 0 aromatic heterocycles. The van der Waals surface area contributed by atoms with Crippen LogP contribution in [0.2, 0.25) is 0 Å². The Labute approximate surface area is 114 Å². The summed E-state index contributed by atoms with van der Waals surface area (Å²) in [5, 5.41) is 11.4. The van der Waals surface area contributed by atoms with Crippen LogP contribution >= 0.6 is 0 Å². The van der Waals surface area contributed by atoms with Crippen molar-refractivity contribution in [3.05, 3.63) is 29.8 Å². The molecule has 110 valence electrons. The van der Waals surface area contributed by atoms with Crippen molar-refractivity contribution >= 4 is 11.9 Å². The number of alkyl halides is 2. The molecule has 0 aliphatic carbocycles. The molecule has 0 aliphatic rings. The molecule has 0 heterocycles. The highest BCUT2D eigenvalue weighted by atomic mass is 19.3. The van der Waals surface area contributed by atoms with Gasteiger partial charge >= 0.3 is 12.6 Å². The van der Waals surface area contributed by atoms with Gasteiger partial charge in [-0.15, -0.1) is 0 Å². The van der Waals surface area contributed by atoms with E-state index in [9.17, 15) is 18.4 Å². The molecule has 5 nitrogen and oxygen atoms in total. The highest BCUT2D eigenvalue weighted by Crippen LogP contribution is 2.17. The van der Waals surface area contributed by atoms with Crippen molar-refractivity contribution in [1.29, 1.82) is 0 Å². The van der Waals surface area contributed by atoms with Crippen molar-refractivity contribution in [3.8, 4) is 5.75 Å². The smallest absolute Gasteiger partial charge is 0.387 e. The molecule has 0 spiro atoms. The van der Waals surface area contributed by atoms with Gasteiger partial charge in [-0.2, -0.15) is 8.78 Å². The number of carbonyl (C=O) groups excluding carboxylic acids is 1. The van der Waals surface area contributed by atoms with Crippen molar-refractivity contribution < 1.29 is 28.2 Å². The van der Waals surface area contributed by atoms with E-state index in [0.717, 1.165) is 6.07 Å². The van der Waals surface area contributed by atoms with Crippen molar-refractivity contribution in [2.24, 2.45) is 0 Å². The molecule has 2 N–H and O–H groups in total. The fourth-order valence-electron chi connectivity index (χ4n) is 1.43. The summed E-state index contributed by atoms with van der Waals surface area (Å²) in [7, 11) is 0. The van der Waals surface area contributed by atoms with Crippen LogP contribution in [0.25, 0.3) is 0 Å². The van der Waals surface area contributed by atoms with E-state index in [4.69, 9.17) is 5.11 Å². The van der Waals surface area contributed by atoms with Crippen LogP contribution in [0.3, 0.4) is 0 Å². The highest BCUT2D eigenvalue weighted by molar-refractivity contribution is 5.98. The predicted molar refractivity (Wildman–Crippen MR) is 66.9 cm³/mol. The van der Waals surface area contributed by atoms with Crippen LogP contribution in [0.4, 0.5) is 8.78 Å². The van der Waals surface area contributed by atoms with E-state index < -0.39 is 24.0 Å². The second kappa shape index (κ2) is 6.31. The summed E-state index contributed by atoms with van der Waals surface area (Å²) in [5.41, 5.74) is -1.37. The monoisotopic (exact) mass is 287 g/mol. The lowest BCUT2D eigenvalue weighted by Gasteiger charge is -2.24. The molecule has 20 heavy (non-hydrogen) atoms. The lowest BCUT2D eigenvalue weighted by molar-refractivity contribution is -0.143. The van der Waals surface area contributed by atoms with E-state index in [1.165, 1.54) is 25.1 Å². The maximum atomic E-state index is 12.1. The first kappa shape index (κ1) is 15.9. The summed E-state index contributed by atoms with van der Waals surface area (Å²) < 4.78 is 28.3. The molecular formula is C13H15F2NO4. The van der Waals surface area contributed by atoms with Crippen LogP contribution in [-0.2, 0) is 4.79 Å². The zero-order valence-electron chi connectivity index (χ0n) is 11.0. The normalized spacial score (nSPS) is 13.7. The molecule has 0 aliphatic heterocycles. The number of rotatable bonds is 6. The lowest BCUT2D eigenvalue weighted by atomic mass is 9.98. The average molecular weight is 287 g/mol. The van der Waals surface area contributed by atoms with Gasteiger partial charge in [0.05, 0.1) is 0 Å². The first-order valence-electron chi connectivity index (χ1n) is 5.89. The van der Waals surface area contributed by atoms with Gasteiger partial charge in [-0.25, -0.2) is 4.79 Å². The van der Waals surface area contributed by atoms with Gasteiger partial charge in [0.15, 0.2) is 0 Å². The van der Waals surface area contributed by atoms with Gasteiger partial charge in [0.2, 0.25) is 0 Å². The van der Waals surface area contributed by atoms with Crippen LogP contribution in [0.5, 0.6) is 5.75 Å². The van der Waals surface area contributed by atoms with Crippen LogP contribution in [0.1, 0.15) is 30.6 Å². The molecule has 1 aromatic rings. The van der Waals surface area contributed by atoms with Crippen LogP contribution < -0.4 is 10.1 Å². The SMILES string of the molecule is CCC(C)(NC(=O)c1cccc(OC(F)F)c1)C(=O)O. The molecule has 1 amide bonds. The van der Waals surface area contributed by atoms with Crippen molar-refractivity contribution in [1.82, 2.24) is 5.32 Å². The van der Waals surface area contributed by atoms with E-state index in [-0.39, 0.29) is 17.7 Å². The number of nitrogens with one attached hydrogen (secondary N) is 1. The van der Waals surface area contributed by atoms with Crippen LogP contribution in [0.15, 0.2) is 24.3 Å². The predicted octanol–water partition coefficient (Wildman–Crippen LogP) is 2.27. The summed E-state index contributed by atoms with van der Waals surface area (Å²) in [4.78, 5) is 23.0. The van der Waals surface area contributed by atoms with E-state index in [1.807, 2.05) is 0 Å². The minimum absolute atomic E-state index is 0.0454. The Morgan fingerprint density at radius 3 is 2.60 bits per heavy atom. The minimum atomic E-state index is -2.99. The van der Waals surface area contributed by atoms with Crippen molar-refractivity contribution in [2.45, 2.75) is 32.4 Å². The van der Waals surface area contributed by atoms with E-state index >= 15 is 0 Å². The third-order valence-electron chi connectivity index (χ3n) is 2.89. The van der Waals surface area contributed by atoms with E-state index in [0.29, 0.717) is 0 Å². The number of benzene rings is 1. The number of aliphatic carboxylic acids is 1. The van der Waals surface area contributed by atoms with Gasteiger partial charge in [-0.3, -0.25) is 4.79 Å². The summed E-state index contributed by atoms with van der Waals surface area (Å²) in [6, 6.07) is 5.15. The molecule has 0 fully saturated rings. The highest BCUT2D eigenvalue weighted by Gasteiger charge is 2.33. The molecule has 1 atom stereocenters. The Balaban J connectivity index is 2.90. The van der Waals surface area contributed by atoms with Crippen LogP contribution in [0, 0.1) is 0 Å². The molecule has 0 saturated heterocycles.